The summed E-state index contributed by atoms with van der Waals surface area (Å²) in [5.41, 5.74) is 1.97. The average Bonchev–Trinajstić information content (AvgIpc) is 3.35. The number of hydrogen-bond acceptors (Lipinski definition) is 8. The first-order chi connectivity index (χ1) is 18.3. The molecule has 0 bridgehead atoms. The summed E-state index contributed by atoms with van der Waals surface area (Å²) in [6, 6.07) is 15.4. The topological polar surface area (TPSA) is 107 Å². The van der Waals surface area contributed by atoms with Crippen LogP contribution >= 0.6 is 11.3 Å². The summed E-state index contributed by atoms with van der Waals surface area (Å²) in [5.74, 6) is -1.88. The molecule has 3 heterocycles. The van der Waals surface area contributed by atoms with Crippen LogP contribution in [-0.4, -0.2) is 29.0 Å². The highest BCUT2D eigenvalue weighted by Crippen LogP contribution is 2.35. The summed E-state index contributed by atoms with van der Waals surface area (Å²) in [4.78, 5) is 62.1. The lowest BCUT2D eigenvalue weighted by atomic mass is 10.0. The van der Waals surface area contributed by atoms with Gasteiger partial charge in [0.2, 0.25) is 0 Å². The molecular weight excluding hydrogens is 506 g/mol. The highest BCUT2D eigenvalue weighted by Gasteiger charge is 2.38. The number of rotatable bonds is 5. The van der Waals surface area contributed by atoms with E-state index in [2.05, 4.69) is 4.99 Å². The van der Waals surface area contributed by atoms with Gasteiger partial charge in [-0.15, -0.1) is 5.06 Å². The summed E-state index contributed by atoms with van der Waals surface area (Å²) >= 11 is 1.04. The van der Waals surface area contributed by atoms with Gasteiger partial charge in [0.15, 0.2) is 4.80 Å². The van der Waals surface area contributed by atoms with E-state index in [1.807, 2.05) is 36.4 Å². The fourth-order valence-corrected chi connectivity index (χ4v) is 5.61. The van der Waals surface area contributed by atoms with Gasteiger partial charge in [0.05, 0.1) is 35.2 Å². The van der Waals surface area contributed by atoms with Gasteiger partial charge in [-0.25, -0.2) is 14.6 Å². The van der Waals surface area contributed by atoms with Gasteiger partial charge in [-0.1, -0.05) is 72.0 Å². The van der Waals surface area contributed by atoms with Gasteiger partial charge in [0.25, 0.3) is 11.5 Å². The van der Waals surface area contributed by atoms with E-state index in [-0.39, 0.29) is 22.3 Å². The van der Waals surface area contributed by atoms with E-state index >= 15 is 0 Å². The van der Waals surface area contributed by atoms with Gasteiger partial charge in [0.1, 0.15) is 4.53 Å². The molecule has 9 nitrogen and oxygen atoms in total. The zero-order valence-corrected chi connectivity index (χ0v) is 21.7. The molecule has 5 rings (SSSR count). The van der Waals surface area contributed by atoms with Crippen molar-refractivity contribution in [2.75, 3.05) is 11.7 Å². The predicted octanol–water partition coefficient (Wildman–Crippen LogP) is 2.66. The Morgan fingerprint density at radius 2 is 1.79 bits per heavy atom. The number of para-hydroxylation sites is 1. The van der Waals surface area contributed by atoms with Gasteiger partial charge in [-0.2, -0.15) is 0 Å². The van der Waals surface area contributed by atoms with Crippen molar-refractivity contribution in [1.82, 2.24) is 4.57 Å². The molecule has 1 amide bonds. The minimum Gasteiger partial charge on any atom is -0.463 e. The van der Waals surface area contributed by atoms with E-state index in [0.717, 1.165) is 22.0 Å². The molecule has 38 heavy (non-hydrogen) atoms. The third kappa shape index (κ3) is 4.28. The van der Waals surface area contributed by atoms with E-state index in [4.69, 9.17) is 9.57 Å². The van der Waals surface area contributed by atoms with Gasteiger partial charge in [0, 0.05) is 12.5 Å². The summed E-state index contributed by atoms with van der Waals surface area (Å²) < 4.78 is 6.82. The third-order valence-electron chi connectivity index (χ3n) is 6.04. The minimum absolute atomic E-state index is 0.107. The summed E-state index contributed by atoms with van der Waals surface area (Å²) in [7, 11) is 0. The summed E-state index contributed by atoms with van der Waals surface area (Å²) in [6.45, 7) is 4.75. The molecule has 0 saturated heterocycles. The normalized spacial score (nSPS) is 17.8. The van der Waals surface area contributed by atoms with E-state index in [9.17, 15) is 19.2 Å². The van der Waals surface area contributed by atoms with Gasteiger partial charge in [-0.05, 0) is 25.5 Å². The molecule has 0 aliphatic carbocycles. The first-order valence-electron chi connectivity index (χ1n) is 11.9. The van der Waals surface area contributed by atoms with Crippen LogP contribution in [0.5, 0.6) is 0 Å². The molecule has 0 saturated carbocycles. The smallest absolute Gasteiger partial charge is 0.338 e. The Hall–Kier alpha value is -4.57. The van der Waals surface area contributed by atoms with E-state index in [1.165, 1.54) is 11.5 Å². The second kappa shape index (κ2) is 10.1. The molecule has 1 atom stereocenters. The highest BCUT2D eigenvalue weighted by molar-refractivity contribution is 7.07. The minimum atomic E-state index is -0.809. The standard InChI is InChI=1S/C28H23N3O6S/c1-4-36-27(35)22-16(2)29-28-30(21(22)15-14-18-10-6-5-7-11-18)26(34)24(38-28)23-19-12-8-9-13-20(19)31(25(23)33)37-17(3)32/h5-15,21H,4H2,1-3H3/b15-14+,24-23-. The van der Waals surface area contributed by atoms with Crippen molar-refractivity contribution >= 4 is 46.5 Å². The number of ether oxygens (including phenoxy) is 1. The number of aromatic nitrogens is 1. The number of benzene rings is 2. The van der Waals surface area contributed by atoms with Crippen LogP contribution in [0.4, 0.5) is 5.69 Å². The van der Waals surface area contributed by atoms with Crippen molar-refractivity contribution in [3.05, 3.63) is 103 Å². The number of fused-ring (bicyclic) bond motifs is 2. The van der Waals surface area contributed by atoms with E-state index < -0.39 is 29.4 Å². The van der Waals surface area contributed by atoms with E-state index in [1.54, 1.807) is 44.2 Å². The number of nitrogens with zero attached hydrogens (tertiary/aromatic N) is 3. The Labute approximate surface area is 221 Å². The Kier molecular flexibility index (Phi) is 6.64. The SMILES string of the molecule is CCOC(=O)C1=C(C)N=c2s/c(=C3\C(=O)N(OC(C)=O)c4ccccc43)c(=O)n2C1/C=C/c1ccccc1. The van der Waals surface area contributed by atoms with Gasteiger partial charge >= 0.3 is 11.9 Å². The zero-order chi connectivity index (χ0) is 27.0. The van der Waals surface area contributed by atoms with Crippen LogP contribution in [0.2, 0.25) is 0 Å². The Morgan fingerprint density at radius 1 is 1.08 bits per heavy atom. The first-order valence-corrected chi connectivity index (χ1v) is 12.7. The van der Waals surface area contributed by atoms with Crippen molar-refractivity contribution in [3.63, 3.8) is 0 Å². The van der Waals surface area contributed by atoms with Crippen LogP contribution in [0.1, 0.15) is 37.9 Å². The molecule has 2 aliphatic heterocycles. The maximum atomic E-state index is 13.9. The molecule has 0 fully saturated rings. The third-order valence-corrected chi connectivity index (χ3v) is 7.10. The molecule has 3 aromatic rings. The van der Waals surface area contributed by atoms with Crippen molar-refractivity contribution in [1.29, 1.82) is 0 Å². The number of carbonyl (C=O) groups is 3. The fourth-order valence-electron chi connectivity index (χ4n) is 4.46. The van der Waals surface area contributed by atoms with Crippen molar-refractivity contribution in [2.24, 2.45) is 4.99 Å². The molecule has 1 unspecified atom stereocenters. The highest BCUT2D eigenvalue weighted by atomic mass is 32.1. The Morgan fingerprint density at radius 3 is 2.50 bits per heavy atom. The van der Waals surface area contributed by atoms with E-state index in [0.29, 0.717) is 21.7 Å². The van der Waals surface area contributed by atoms with Gasteiger partial charge in [-0.3, -0.25) is 14.2 Å². The Balaban J connectivity index is 1.74. The maximum Gasteiger partial charge on any atom is 0.338 e. The second-order valence-corrected chi connectivity index (χ2v) is 9.49. The summed E-state index contributed by atoms with van der Waals surface area (Å²) in [6.07, 6.45) is 3.57. The van der Waals surface area contributed by atoms with Crippen LogP contribution in [0.3, 0.4) is 0 Å². The number of thiazole rings is 1. The van der Waals surface area contributed by atoms with Crippen molar-refractivity contribution in [2.45, 2.75) is 26.8 Å². The quantitative estimate of drug-likeness (QED) is 0.471. The van der Waals surface area contributed by atoms with Crippen LogP contribution in [0.15, 0.2) is 81.7 Å². The Bertz CT molecular complexity index is 1710. The van der Waals surface area contributed by atoms with Crippen molar-refractivity contribution < 1.29 is 24.0 Å². The fraction of sp³-hybridized carbons (Fsp3) is 0.179. The first kappa shape index (κ1) is 25.1. The zero-order valence-electron chi connectivity index (χ0n) is 20.8. The number of allylic oxidation sites excluding steroid dienone is 2. The van der Waals surface area contributed by atoms with Crippen LogP contribution in [-0.2, 0) is 24.0 Å². The molecule has 0 N–H and O–H groups in total. The van der Waals surface area contributed by atoms with Crippen molar-refractivity contribution in [3.8, 4) is 0 Å². The predicted molar refractivity (Wildman–Crippen MR) is 141 cm³/mol. The van der Waals surface area contributed by atoms with Gasteiger partial charge < -0.3 is 9.57 Å². The molecular formula is C28H23N3O6S. The van der Waals surface area contributed by atoms with Crippen LogP contribution in [0, 0.1) is 0 Å². The largest absolute Gasteiger partial charge is 0.463 e. The lowest BCUT2D eigenvalue weighted by Crippen LogP contribution is -2.40. The number of hydrogen-bond donors (Lipinski definition) is 0. The number of carbonyl (C=O) groups excluding carboxylic acids is 3. The molecule has 192 valence electrons. The summed E-state index contributed by atoms with van der Waals surface area (Å²) in [5, 5.41) is 0.896. The monoisotopic (exact) mass is 529 g/mol. The number of hydroxylamine groups is 1. The van der Waals surface area contributed by atoms with Crippen LogP contribution < -0.4 is 20.0 Å². The lowest BCUT2D eigenvalue weighted by Gasteiger charge is -2.21. The average molecular weight is 530 g/mol. The lowest BCUT2D eigenvalue weighted by molar-refractivity contribution is -0.146. The van der Waals surface area contributed by atoms with Crippen LogP contribution in [0.25, 0.3) is 11.6 Å². The molecule has 0 spiro atoms. The maximum absolute atomic E-state index is 13.9. The molecule has 2 aromatic carbocycles. The molecule has 2 aliphatic rings. The molecule has 0 radical (unpaired) electrons. The molecule has 10 heteroatoms. The number of esters is 1. The number of amides is 1. The molecule has 1 aromatic heterocycles. The second-order valence-electron chi connectivity index (χ2n) is 8.51. The number of anilines is 1.